The van der Waals surface area contributed by atoms with E-state index in [-0.39, 0.29) is 11.9 Å². The van der Waals surface area contributed by atoms with Crippen molar-refractivity contribution >= 4 is 17.5 Å². The van der Waals surface area contributed by atoms with Crippen LogP contribution in [-0.2, 0) is 0 Å². The van der Waals surface area contributed by atoms with E-state index in [4.69, 9.17) is 16.1 Å². The van der Waals surface area contributed by atoms with Gasteiger partial charge < -0.3 is 9.84 Å². The van der Waals surface area contributed by atoms with Crippen molar-refractivity contribution in [3.05, 3.63) is 40.6 Å². The first-order valence-corrected chi connectivity index (χ1v) is 7.56. The topological polar surface area (TPSA) is 55.1 Å². The number of halogens is 1. The van der Waals surface area contributed by atoms with Crippen molar-refractivity contribution in [1.82, 2.24) is 10.5 Å². The summed E-state index contributed by atoms with van der Waals surface area (Å²) >= 11 is 6.20. The van der Waals surface area contributed by atoms with E-state index in [1.54, 1.807) is 13.0 Å². The number of aromatic nitrogens is 1. The summed E-state index contributed by atoms with van der Waals surface area (Å²) in [6.07, 6.45) is 4.42. The van der Waals surface area contributed by atoms with Crippen molar-refractivity contribution in [2.24, 2.45) is 0 Å². The molecule has 1 saturated carbocycles. The van der Waals surface area contributed by atoms with E-state index in [1.165, 1.54) is 12.8 Å². The lowest BCUT2D eigenvalue weighted by molar-refractivity contribution is 0.0937. The minimum absolute atomic E-state index is 0.129. The predicted octanol–water partition coefficient (Wildman–Crippen LogP) is 3.98. The van der Waals surface area contributed by atoms with Crippen LogP contribution < -0.4 is 5.32 Å². The van der Waals surface area contributed by atoms with Crippen LogP contribution in [0.25, 0.3) is 11.3 Å². The summed E-state index contributed by atoms with van der Waals surface area (Å²) in [4.78, 5) is 12.5. The van der Waals surface area contributed by atoms with E-state index in [2.05, 4.69) is 10.5 Å². The van der Waals surface area contributed by atoms with E-state index in [0.29, 0.717) is 27.6 Å². The van der Waals surface area contributed by atoms with Crippen LogP contribution in [0.15, 0.2) is 28.8 Å². The van der Waals surface area contributed by atoms with Crippen LogP contribution in [0.2, 0.25) is 5.02 Å². The van der Waals surface area contributed by atoms with Gasteiger partial charge in [0.15, 0.2) is 0 Å². The first-order chi connectivity index (χ1) is 10.2. The Morgan fingerprint density at radius 1 is 1.33 bits per heavy atom. The Balaban J connectivity index is 1.93. The summed E-state index contributed by atoms with van der Waals surface area (Å²) in [5.41, 5.74) is 1.70. The van der Waals surface area contributed by atoms with Gasteiger partial charge in [0.2, 0.25) is 0 Å². The fourth-order valence-electron chi connectivity index (χ4n) is 2.80. The van der Waals surface area contributed by atoms with E-state index in [1.807, 2.05) is 18.2 Å². The molecule has 0 saturated heterocycles. The summed E-state index contributed by atoms with van der Waals surface area (Å²) in [5, 5.41) is 7.65. The third kappa shape index (κ3) is 2.81. The summed E-state index contributed by atoms with van der Waals surface area (Å²) in [6.45, 7) is 1.75. The van der Waals surface area contributed by atoms with Crippen molar-refractivity contribution < 1.29 is 9.32 Å². The summed E-state index contributed by atoms with van der Waals surface area (Å²) in [6, 6.07) is 7.58. The first-order valence-electron chi connectivity index (χ1n) is 7.19. The van der Waals surface area contributed by atoms with Gasteiger partial charge in [-0.25, -0.2) is 0 Å². The summed E-state index contributed by atoms with van der Waals surface area (Å²) in [5.74, 6) is 0.385. The van der Waals surface area contributed by atoms with Crippen LogP contribution in [0.4, 0.5) is 0 Å². The Hall–Kier alpha value is -1.81. The molecule has 1 heterocycles. The zero-order chi connectivity index (χ0) is 14.8. The van der Waals surface area contributed by atoms with Crippen LogP contribution in [0, 0.1) is 6.92 Å². The molecule has 1 N–H and O–H groups in total. The van der Waals surface area contributed by atoms with E-state index >= 15 is 0 Å². The third-order valence-electron chi connectivity index (χ3n) is 3.91. The lowest BCUT2D eigenvalue weighted by Gasteiger charge is -2.12. The number of amides is 1. The van der Waals surface area contributed by atoms with Crippen LogP contribution in [-0.4, -0.2) is 17.1 Å². The highest BCUT2D eigenvalue weighted by atomic mass is 35.5. The zero-order valence-electron chi connectivity index (χ0n) is 11.9. The van der Waals surface area contributed by atoms with Crippen molar-refractivity contribution in [1.29, 1.82) is 0 Å². The van der Waals surface area contributed by atoms with Crippen LogP contribution in [0.5, 0.6) is 0 Å². The Bertz CT molecular complexity index is 660. The van der Waals surface area contributed by atoms with Gasteiger partial charge in [0.1, 0.15) is 17.0 Å². The molecule has 0 aliphatic heterocycles. The second-order valence-electron chi connectivity index (χ2n) is 5.40. The average molecular weight is 305 g/mol. The number of hydrogen-bond acceptors (Lipinski definition) is 3. The number of nitrogens with one attached hydrogen (secondary N) is 1. The fraction of sp³-hybridized carbons (Fsp3) is 0.375. The molecule has 110 valence electrons. The molecule has 2 aromatic rings. The minimum atomic E-state index is -0.129. The maximum Gasteiger partial charge on any atom is 0.257 e. The predicted molar refractivity (Wildman–Crippen MR) is 81.4 cm³/mol. The molecular weight excluding hydrogens is 288 g/mol. The Morgan fingerprint density at radius 2 is 2.05 bits per heavy atom. The van der Waals surface area contributed by atoms with E-state index < -0.39 is 0 Å². The van der Waals surface area contributed by atoms with Crippen molar-refractivity contribution in [3.63, 3.8) is 0 Å². The average Bonchev–Trinajstić information content (AvgIpc) is 3.09. The molecule has 0 radical (unpaired) electrons. The SMILES string of the molecule is Cc1onc(-c2ccccc2Cl)c1C(=O)NC1CCCC1. The number of aryl methyl sites for hydroxylation is 1. The van der Waals surface area contributed by atoms with Gasteiger partial charge in [0.25, 0.3) is 5.91 Å². The standard InChI is InChI=1S/C16H17ClN2O2/c1-10-14(16(20)18-11-6-2-3-7-11)15(19-21-10)12-8-4-5-9-13(12)17/h4-5,8-9,11H,2-3,6-7H2,1H3,(H,18,20). The molecule has 0 bridgehead atoms. The van der Waals surface area contributed by atoms with Gasteiger partial charge in [-0.1, -0.05) is 47.8 Å². The lowest BCUT2D eigenvalue weighted by atomic mass is 10.1. The molecule has 3 rings (SSSR count). The van der Waals surface area contributed by atoms with Gasteiger partial charge in [0.05, 0.1) is 5.02 Å². The van der Waals surface area contributed by atoms with E-state index in [9.17, 15) is 4.79 Å². The first kappa shape index (κ1) is 14.1. The highest BCUT2D eigenvalue weighted by Gasteiger charge is 2.25. The molecule has 0 atom stereocenters. The van der Waals surface area contributed by atoms with Gasteiger partial charge in [-0.15, -0.1) is 0 Å². The van der Waals surface area contributed by atoms with Gasteiger partial charge in [-0.3, -0.25) is 4.79 Å². The number of carbonyl (C=O) groups is 1. The maximum absolute atomic E-state index is 12.5. The second-order valence-corrected chi connectivity index (χ2v) is 5.80. The molecule has 4 nitrogen and oxygen atoms in total. The molecule has 1 aliphatic carbocycles. The van der Waals surface area contributed by atoms with Crippen molar-refractivity contribution in [3.8, 4) is 11.3 Å². The minimum Gasteiger partial charge on any atom is -0.360 e. The van der Waals surface area contributed by atoms with Crippen molar-refractivity contribution in [2.75, 3.05) is 0 Å². The van der Waals surface area contributed by atoms with Crippen LogP contribution in [0.1, 0.15) is 41.8 Å². The molecule has 0 unspecified atom stereocenters. The molecule has 1 fully saturated rings. The van der Waals surface area contributed by atoms with E-state index in [0.717, 1.165) is 12.8 Å². The summed E-state index contributed by atoms with van der Waals surface area (Å²) < 4.78 is 5.22. The normalized spacial score (nSPS) is 15.3. The zero-order valence-corrected chi connectivity index (χ0v) is 12.6. The highest BCUT2D eigenvalue weighted by molar-refractivity contribution is 6.33. The fourth-order valence-corrected chi connectivity index (χ4v) is 3.03. The quantitative estimate of drug-likeness (QED) is 0.933. The molecule has 21 heavy (non-hydrogen) atoms. The molecule has 0 spiro atoms. The molecule has 1 aromatic heterocycles. The Labute approximate surface area is 128 Å². The molecule has 1 aliphatic rings. The smallest absolute Gasteiger partial charge is 0.257 e. The Morgan fingerprint density at radius 3 is 2.76 bits per heavy atom. The van der Waals surface area contributed by atoms with Crippen molar-refractivity contribution in [2.45, 2.75) is 38.6 Å². The maximum atomic E-state index is 12.5. The van der Waals surface area contributed by atoms with Gasteiger partial charge in [0, 0.05) is 11.6 Å². The number of benzene rings is 1. The summed E-state index contributed by atoms with van der Waals surface area (Å²) in [7, 11) is 0. The number of carbonyl (C=O) groups excluding carboxylic acids is 1. The molecule has 5 heteroatoms. The number of nitrogens with zero attached hydrogens (tertiary/aromatic N) is 1. The molecule has 1 aromatic carbocycles. The van der Waals surface area contributed by atoms with Gasteiger partial charge in [-0.2, -0.15) is 0 Å². The monoisotopic (exact) mass is 304 g/mol. The third-order valence-corrected chi connectivity index (χ3v) is 4.24. The van der Waals surface area contributed by atoms with Crippen LogP contribution >= 0.6 is 11.6 Å². The largest absolute Gasteiger partial charge is 0.360 e. The van der Waals surface area contributed by atoms with Crippen LogP contribution in [0.3, 0.4) is 0 Å². The molecular formula is C16H17ClN2O2. The number of rotatable bonds is 3. The second kappa shape index (κ2) is 5.90. The lowest BCUT2D eigenvalue weighted by Crippen LogP contribution is -2.33. The highest BCUT2D eigenvalue weighted by Crippen LogP contribution is 2.31. The number of hydrogen-bond donors (Lipinski definition) is 1. The van der Waals surface area contributed by atoms with Gasteiger partial charge in [-0.05, 0) is 25.8 Å². The Kier molecular flexibility index (Phi) is 3.97. The molecule has 1 amide bonds. The van der Waals surface area contributed by atoms with Gasteiger partial charge >= 0.3 is 0 Å².